The molecular formula is C11H15F3N4. The molecule has 0 aliphatic carbocycles. The standard InChI is InChI=1S/C11H15F3N4/c1-8-9(7-15)10(18(2)17-8)16-6-4-3-5-11(12,13)14/h16H,3-6H2,1-2H3. The number of alkyl halides is 3. The van der Waals surface area contributed by atoms with Gasteiger partial charge in [-0.3, -0.25) is 4.68 Å². The molecule has 0 saturated heterocycles. The molecule has 100 valence electrons. The highest BCUT2D eigenvalue weighted by atomic mass is 19.4. The van der Waals surface area contributed by atoms with Gasteiger partial charge in [-0.15, -0.1) is 0 Å². The van der Waals surface area contributed by atoms with Crippen LogP contribution < -0.4 is 5.32 Å². The molecule has 4 nitrogen and oxygen atoms in total. The SMILES string of the molecule is Cc1nn(C)c(NCCCCC(F)(F)F)c1C#N. The topological polar surface area (TPSA) is 53.6 Å². The molecule has 0 unspecified atom stereocenters. The number of rotatable bonds is 5. The summed E-state index contributed by atoms with van der Waals surface area (Å²) in [4.78, 5) is 0. The fourth-order valence-electron chi connectivity index (χ4n) is 1.65. The highest BCUT2D eigenvalue weighted by Crippen LogP contribution is 2.22. The molecule has 7 heteroatoms. The van der Waals surface area contributed by atoms with Crippen LogP contribution in [0.5, 0.6) is 0 Å². The van der Waals surface area contributed by atoms with Crippen molar-refractivity contribution in [3.63, 3.8) is 0 Å². The lowest BCUT2D eigenvalue weighted by atomic mass is 10.2. The Bertz CT molecular complexity index is 442. The van der Waals surface area contributed by atoms with Crippen molar-refractivity contribution in [3.8, 4) is 6.07 Å². The van der Waals surface area contributed by atoms with Gasteiger partial charge in [0.15, 0.2) is 0 Å². The predicted molar refractivity (Wildman–Crippen MR) is 61.1 cm³/mol. The first-order valence-corrected chi connectivity index (χ1v) is 5.59. The van der Waals surface area contributed by atoms with E-state index in [1.54, 1.807) is 14.0 Å². The van der Waals surface area contributed by atoms with Crippen LogP contribution in [0.4, 0.5) is 19.0 Å². The van der Waals surface area contributed by atoms with Crippen molar-refractivity contribution in [2.75, 3.05) is 11.9 Å². The van der Waals surface area contributed by atoms with Crippen LogP contribution in [0.2, 0.25) is 0 Å². The Morgan fingerprint density at radius 2 is 2.06 bits per heavy atom. The van der Waals surface area contributed by atoms with E-state index in [-0.39, 0.29) is 6.42 Å². The average Bonchev–Trinajstić information content (AvgIpc) is 2.51. The molecule has 0 saturated carbocycles. The van der Waals surface area contributed by atoms with Crippen LogP contribution in [0, 0.1) is 18.3 Å². The molecule has 1 aromatic heterocycles. The molecule has 0 aliphatic heterocycles. The Morgan fingerprint density at radius 1 is 1.39 bits per heavy atom. The Hall–Kier alpha value is -1.71. The van der Waals surface area contributed by atoms with Gasteiger partial charge in [0.25, 0.3) is 0 Å². The van der Waals surface area contributed by atoms with Gasteiger partial charge in [-0.05, 0) is 19.8 Å². The lowest BCUT2D eigenvalue weighted by molar-refractivity contribution is -0.135. The third kappa shape index (κ3) is 3.95. The van der Waals surface area contributed by atoms with Crippen LogP contribution in [0.3, 0.4) is 0 Å². The summed E-state index contributed by atoms with van der Waals surface area (Å²) in [6.07, 6.45) is -4.39. The van der Waals surface area contributed by atoms with Crippen molar-refractivity contribution in [2.45, 2.75) is 32.4 Å². The third-order valence-electron chi connectivity index (χ3n) is 2.51. The quantitative estimate of drug-likeness (QED) is 0.828. The minimum Gasteiger partial charge on any atom is -0.369 e. The lowest BCUT2D eigenvalue weighted by Crippen LogP contribution is -2.10. The smallest absolute Gasteiger partial charge is 0.369 e. The van der Waals surface area contributed by atoms with Gasteiger partial charge in [-0.2, -0.15) is 23.5 Å². The first kappa shape index (κ1) is 14.4. The summed E-state index contributed by atoms with van der Waals surface area (Å²) in [7, 11) is 1.69. The van der Waals surface area contributed by atoms with Gasteiger partial charge in [0, 0.05) is 20.0 Å². The van der Waals surface area contributed by atoms with Crippen molar-refractivity contribution in [1.29, 1.82) is 5.26 Å². The van der Waals surface area contributed by atoms with E-state index < -0.39 is 12.6 Å². The number of aromatic nitrogens is 2. The monoisotopic (exact) mass is 260 g/mol. The number of anilines is 1. The van der Waals surface area contributed by atoms with Crippen molar-refractivity contribution < 1.29 is 13.2 Å². The van der Waals surface area contributed by atoms with Gasteiger partial charge < -0.3 is 5.32 Å². The van der Waals surface area contributed by atoms with Gasteiger partial charge in [-0.25, -0.2) is 0 Å². The van der Waals surface area contributed by atoms with Crippen LogP contribution in [0.15, 0.2) is 0 Å². The maximum absolute atomic E-state index is 11.9. The van der Waals surface area contributed by atoms with Gasteiger partial charge in [0.2, 0.25) is 0 Å². The number of hydrogen-bond donors (Lipinski definition) is 1. The van der Waals surface area contributed by atoms with Crippen LogP contribution in [0.25, 0.3) is 0 Å². The second-order valence-electron chi connectivity index (χ2n) is 4.04. The number of nitrogens with one attached hydrogen (secondary N) is 1. The van der Waals surface area contributed by atoms with Gasteiger partial charge >= 0.3 is 6.18 Å². The van der Waals surface area contributed by atoms with Crippen LogP contribution in [-0.4, -0.2) is 22.5 Å². The first-order valence-electron chi connectivity index (χ1n) is 5.59. The molecule has 0 aliphatic rings. The number of unbranched alkanes of at least 4 members (excludes halogenated alkanes) is 1. The zero-order chi connectivity index (χ0) is 13.8. The van der Waals surface area contributed by atoms with E-state index in [9.17, 15) is 13.2 Å². The van der Waals surface area contributed by atoms with E-state index in [1.165, 1.54) is 4.68 Å². The summed E-state index contributed by atoms with van der Waals surface area (Å²) < 4.78 is 37.3. The van der Waals surface area contributed by atoms with E-state index in [2.05, 4.69) is 10.4 Å². The summed E-state index contributed by atoms with van der Waals surface area (Å²) in [5.74, 6) is 0.557. The molecule has 0 aromatic carbocycles. The molecule has 1 N–H and O–H groups in total. The number of aryl methyl sites for hydroxylation is 2. The minimum atomic E-state index is -4.10. The molecule has 1 heterocycles. The van der Waals surface area contributed by atoms with E-state index in [0.29, 0.717) is 30.0 Å². The van der Waals surface area contributed by atoms with E-state index in [1.807, 2.05) is 6.07 Å². The molecule has 0 bridgehead atoms. The maximum atomic E-state index is 11.9. The summed E-state index contributed by atoms with van der Waals surface area (Å²) in [6, 6.07) is 2.02. The molecule has 0 fully saturated rings. The number of hydrogen-bond acceptors (Lipinski definition) is 3. The molecular weight excluding hydrogens is 245 g/mol. The van der Waals surface area contributed by atoms with Crippen molar-refractivity contribution in [2.24, 2.45) is 7.05 Å². The van der Waals surface area contributed by atoms with Crippen molar-refractivity contribution >= 4 is 5.82 Å². The van der Waals surface area contributed by atoms with E-state index >= 15 is 0 Å². The Labute approximate surface area is 103 Å². The molecule has 18 heavy (non-hydrogen) atoms. The Morgan fingerprint density at radius 3 is 2.61 bits per heavy atom. The first-order chi connectivity index (χ1) is 8.35. The molecule has 0 spiro atoms. The normalized spacial score (nSPS) is 11.3. The Balaban J connectivity index is 2.43. The third-order valence-corrected chi connectivity index (χ3v) is 2.51. The van der Waals surface area contributed by atoms with E-state index in [4.69, 9.17) is 5.26 Å². The zero-order valence-electron chi connectivity index (χ0n) is 10.3. The van der Waals surface area contributed by atoms with Crippen molar-refractivity contribution in [3.05, 3.63) is 11.3 Å². The second kappa shape index (κ2) is 5.76. The fraction of sp³-hybridized carbons (Fsp3) is 0.636. The van der Waals surface area contributed by atoms with Crippen LogP contribution in [0.1, 0.15) is 30.5 Å². The van der Waals surface area contributed by atoms with E-state index in [0.717, 1.165) is 0 Å². The lowest BCUT2D eigenvalue weighted by Gasteiger charge is -2.08. The van der Waals surface area contributed by atoms with Gasteiger partial charge in [0.05, 0.1) is 5.69 Å². The molecule has 0 amide bonds. The fourth-order valence-corrected chi connectivity index (χ4v) is 1.65. The summed E-state index contributed by atoms with van der Waals surface area (Å²) in [5.41, 5.74) is 1.05. The summed E-state index contributed by atoms with van der Waals surface area (Å²) in [6.45, 7) is 2.11. The largest absolute Gasteiger partial charge is 0.389 e. The minimum absolute atomic E-state index is 0.0786. The predicted octanol–water partition coefficient (Wildman–Crippen LogP) is 2.74. The highest BCUT2D eigenvalue weighted by Gasteiger charge is 2.25. The van der Waals surface area contributed by atoms with Crippen LogP contribution in [-0.2, 0) is 7.05 Å². The number of nitrogens with zero attached hydrogens (tertiary/aromatic N) is 3. The summed E-state index contributed by atoms with van der Waals surface area (Å²) in [5, 5.41) is 16.0. The summed E-state index contributed by atoms with van der Waals surface area (Å²) >= 11 is 0. The number of halogens is 3. The molecule has 1 rings (SSSR count). The number of nitriles is 1. The highest BCUT2D eigenvalue weighted by molar-refractivity contribution is 5.54. The Kier molecular flexibility index (Phi) is 4.59. The average molecular weight is 260 g/mol. The molecule has 1 aromatic rings. The maximum Gasteiger partial charge on any atom is 0.389 e. The second-order valence-corrected chi connectivity index (χ2v) is 4.04. The zero-order valence-corrected chi connectivity index (χ0v) is 10.3. The van der Waals surface area contributed by atoms with Crippen LogP contribution >= 0.6 is 0 Å². The van der Waals surface area contributed by atoms with Crippen molar-refractivity contribution in [1.82, 2.24) is 9.78 Å². The van der Waals surface area contributed by atoms with Gasteiger partial charge in [0.1, 0.15) is 17.5 Å². The van der Waals surface area contributed by atoms with Gasteiger partial charge in [-0.1, -0.05) is 0 Å². The molecule has 0 atom stereocenters. The molecule has 0 radical (unpaired) electrons.